The smallest absolute Gasteiger partial charge is 0.142 e. The zero-order valence-corrected chi connectivity index (χ0v) is 23.8. The maximum atomic E-state index is 14.2. The van der Waals surface area contributed by atoms with Gasteiger partial charge in [-0.2, -0.15) is 0 Å². The van der Waals surface area contributed by atoms with Crippen LogP contribution in [0, 0.1) is 11.7 Å². The first-order valence-electron chi connectivity index (χ1n) is 14.0. The quantitative estimate of drug-likeness (QED) is 0.488. The minimum atomic E-state index is -0.0915. The van der Waals surface area contributed by atoms with Gasteiger partial charge in [0.1, 0.15) is 11.6 Å². The van der Waals surface area contributed by atoms with Crippen molar-refractivity contribution < 1.29 is 9.13 Å². The number of anilines is 2. The van der Waals surface area contributed by atoms with Crippen molar-refractivity contribution in [1.29, 1.82) is 0 Å². The summed E-state index contributed by atoms with van der Waals surface area (Å²) in [6, 6.07) is 13.7. The number of allylic oxidation sites excluding steroid dienone is 2. The van der Waals surface area contributed by atoms with Crippen molar-refractivity contribution in [2.45, 2.75) is 34.1 Å². The van der Waals surface area contributed by atoms with Gasteiger partial charge < -0.3 is 24.3 Å². The number of halogens is 1. The van der Waals surface area contributed by atoms with E-state index in [1.807, 2.05) is 32.0 Å². The predicted molar refractivity (Wildman–Crippen MR) is 156 cm³/mol. The largest absolute Gasteiger partial charge is 0.495 e. The van der Waals surface area contributed by atoms with E-state index in [-0.39, 0.29) is 5.82 Å². The third kappa shape index (κ3) is 7.48. The van der Waals surface area contributed by atoms with E-state index >= 15 is 0 Å². The van der Waals surface area contributed by atoms with Crippen LogP contribution in [0.3, 0.4) is 0 Å². The minimum Gasteiger partial charge on any atom is -0.495 e. The first-order valence-corrected chi connectivity index (χ1v) is 14.0. The first kappa shape index (κ1) is 29.0. The molecule has 0 saturated carbocycles. The number of rotatable bonds is 6. The Balaban J connectivity index is 0.000000195. The highest BCUT2D eigenvalue weighted by molar-refractivity contribution is 5.97. The van der Waals surface area contributed by atoms with Crippen molar-refractivity contribution in [1.82, 2.24) is 9.80 Å². The lowest BCUT2D eigenvalue weighted by atomic mass is 10.0. The summed E-state index contributed by atoms with van der Waals surface area (Å²) in [6.07, 6.45) is 3.10. The van der Waals surface area contributed by atoms with Gasteiger partial charge in [0.05, 0.1) is 12.8 Å². The molecule has 6 heteroatoms. The Morgan fingerprint density at radius 1 is 0.784 bits per heavy atom. The van der Waals surface area contributed by atoms with E-state index < -0.39 is 0 Å². The van der Waals surface area contributed by atoms with Crippen LogP contribution in [0.15, 0.2) is 48.5 Å². The number of ether oxygens (including phenoxy) is 1. The molecule has 203 valence electrons. The Bertz CT molecular complexity index is 994. The van der Waals surface area contributed by atoms with E-state index in [4.69, 9.17) is 4.74 Å². The lowest BCUT2D eigenvalue weighted by Gasteiger charge is -2.36. The number of methoxy groups -OCH3 is 1. The van der Waals surface area contributed by atoms with Crippen LogP contribution < -0.4 is 14.5 Å². The van der Waals surface area contributed by atoms with Crippen LogP contribution in [-0.2, 0) is 0 Å². The number of hydrogen-bond acceptors (Lipinski definition) is 5. The van der Waals surface area contributed by atoms with E-state index in [0.29, 0.717) is 0 Å². The maximum absolute atomic E-state index is 14.2. The topological polar surface area (TPSA) is 22.2 Å². The molecule has 2 aromatic carbocycles. The van der Waals surface area contributed by atoms with Gasteiger partial charge >= 0.3 is 0 Å². The number of nitrogens with zero attached hydrogens (tertiary/aromatic N) is 4. The summed E-state index contributed by atoms with van der Waals surface area (Å²) in [6.45, 7) is 18.0. The highest BCUT2D eigenvalue weighted by atomic mass is 19.1. The molecule has 5 rings (SSSR count). The monoisotopic (exact) mass is 509 g/mol. The van der Waals surface area contributed by atoms with Crippen LogP contribution in [0.1, 0.15) is 39.7 Å². The summed E-state index contributed by atoms with van der Waals surface area (Å²) in [7, 11) is 3.87. The maximum Gasteiger partial charge on any atom is 0.142 e. The number of para-hydroxylation sites is 2. The number of piperazine rings is 2. The van der Waals surface area contributed by atoms with Crippen molar-refractivity contribution in [2.75, 3.05) is 82.9 Å². The lowest BCUT2D eigenvalue weighted by molar-refractivity contribution is 0.270. The van der Waals surface area contributed by atoms with E-state index in [2.05, 4.69) is 64.8 Å². The van der Waals surface area contributed by atoms with Gasteiger partial charge in [-0.15, -0.1) is 0 Å². The number of likely N-dealkylation sites (N-methyl/N-ethyl adjacent to an activating group) is 2. The molecule has 2 fully saturated rings. The molecule has 0 spiro atoms. The Morgan fingerprint density at radius 3 is 1.97 bits per heavy atom. The standard InChI is InChI=1S/C16H20FN2.C13H20N2O.C2H6/c1-3-12-11-13(12)16-14(17)5-4-6-15(16)19-9-7-18(2)8-10-19;1-3-14-8-10-15(11-9-14)12-6-4-5-7-13(12)16-2;1-2/h4-6,11H,3,7-10H2,1-2H3;4-7H,3,8-11H2,1-2H3;1-2H3. The van der Waals surface area contributed by atoms with E-state index in [9.17, 15) is 4.39 Å². The van der Waals surface area contributed by atoms with Crippen molar-refractivity contribution in [3.8, 4) is 5.75 Å². The molecule has 0 amide bonds. The predicted octanol–water partition coefficient (Wildman–Crippen LogP) is 5.82. The zero-order valence-electron chi connectivity index (χ0n) is 23.8. The minimum absolute atomic E-state index is 0.0915. The van der Waals surface area contributed by atoms with Gasteiger partial charge in [-0.3, -0.25) is 0 Å². The van der Waals surface area contributed by atoms with E-state index in [1.54, 1.807) is 13.2 Å². The fourth-order valence-electron chi connectivity index (χ4n) is 4.95. The van der Waals surface area contributed by atoms with Gasteiger partial charge in [-0.05, 0) is 49.9 Å². The first-order chi connectivity index (χ1) is 18.0. The second-order valence-corrected chi connectivity index (χ2v) is 9.45. The Labute approximate surface area is 224 Å². The number of benzene rings is 2. The summed E-state index contributed by atoms with van der Waals surface area (Å²) in [5.41, 5.74) is 4.21. The second-order valence-electron chi connectivity index (χ2n) is 9.45. The molecule has 0 aromatic heterocycles. The molecular formula is C31H46FN4O. The molecule has 0 N–H and O–H groups in total. The van der Waals surface area contributed by atoms with Gasteiger partial charge in [0, 0.05) is 69.5 Å². The van der Waals surface area contributed by atoms with Crippen LogP contribution >= 0.6 is 0 Å². The molecule has 1 aliphatic carbocycles. The fourth-order valence-corrected chi connectivity index (χ4v) is 4.95. The average molecular weight is 510 g/mol. The average Bonchev–Trinajstić information content (AvgIpc) is 3.74. The van der Waals surface area contributed by atoms with Crippen molar-refractivity contribution >= 4 is 16.9 Å². The van der Waals surface area contributed by atoms with Gasteiger partial charge in [0.2, 0.25) is 0 Å². The molecule has 37 heavy (non-hydrogen) atoms. The van der Waals surface area contributed by atoms with Crippen LogP contribution in [-0.4, -0.2) is 82.9 Å². The molecule has 0 unspecified atom stereocenters. The van der Waals surface area contributed by atoms with Gasteiger partial charge in [-0.25, -0.2) is 4.39 Å². The molecular weight excluding hydrogens is 463 g/mol. The zero-order chi connectivity index (χ0) is 26.8. The summed E-state index contributed by atoms with van der Waals surface area (Å²) >= 11 is 0. The lowest BCUT2D eigenvalue weighted by Crippen LogP contribution is -2.46. The third-order valence-corrected chi connectivity index (χ3v) is 7.31. The molecule has 2 aliphatic heterocycles. The fraction of sp³-hybridized carbons (Fsp3) is 0.516. The summed E-state index contributed by atoms with van der Waals surface area (Å²) in [4.78, 5) is 9.51. The van der Waals surface area contributed by atoms with Gasteiger partial charge in [0.15, 0.2) is 0 Å². The molecule has 2 aromatic rings. The third-order valence-electron chi connectivity index (χ3n) is 7.31. The summed E-state index contributed by atoms with van der Waals surface area (Å²) in [5.74, 6) is 2.18. The molecule has 2 heterocycles. The number of hydrogen-bond donors (Lipinski definition) is 0. The summed E-state index contributed by atoms with van der Waals surface area (Å²) < 4.78 is 19.6. The van der Waals surface area contributed by atoms with Gasteiger partial charge in [-0.1, -0.05) is 52.0 Å². The van der Waals surface area contributed by atoms with Crippen molar-refractivity contribution in [3.63, 3.8) is 0 Å². The Morgan fingerprint density at radius 2 is 1.38 bits per heavy atom. The second kappa shape index (κ2) is 14.4. The Kier molecular flexibility index (Phi) is 11.3. The molecule has 2 saturated heterocycles. The van der Waals surface area contributed by atoms with Crippen molar-refractivity contribution in [2.24, 2.45) is 0 Å². The molecule has 1 radical (unpaired) electrons. The van der Waals surface area contributed by atoms with Crippen LogP contribution in [0.2, 0.25) is 0 Å². The SMILES string of the molecule is CC.CCN1CCN(c2ccccc2OC)CC1.CC[C]1C=C1c1c(F)cccc1N1CCN(C)CC1. The normalized spacial score (nSPS) is 18.3. The van der Waals surface area contributed by atoms with E-state index in [0.717, 1.165) is 87.9 Å². The highest BCUT2D eigenvalue weighted by Crippen LogP contribution is 2.47. The van der Waals surface area contributed by atoms with Crippen molar-refractivity contribution in [3.05, 3.63) is 65.8 Å². The molecule has 0 bridgehead atoms. The highest BCUT2D eigenvalue weighted by Gasteiger charge is 2.31. The van der Waals surface area contributed by atoms with E-state index in [1.165, 1.54) is 11.6 Å². The van der Waals surface area contributed by atoms with Crippen LogP contribution in [0.4, 0.5) is 15.8 Å². The Hall–Kier alpha value is -2.57. The van der Waals surface area contributed by atoms with Crippen LogP contribution in [0.25, 0.3) is 5.57 Å². The molecule has 3 aliphatic rings. The van der Waals surface area contributed by atoms with Gasteiger partial charge in [0.25, 0.3) is 0 Å². The molecule has 5 nitrogen and oxygen atoms in total. The van der Waals surface area contributed by atoms with Crippen LogP contribution in [0.5, 0.6) is 5.75 Å². The summed E-state index contributed by atoms with van der Waals surface area (Å²) in [5, 5.41) is 0. The molecule has 0 atom stereocenters.